The molecular formula is C16H13IN2. The van der Waals surface area contributed by atoms with Crippen molar-refractivity contribution in [3.05, 3.63) is 69.9 Å². The zero-order valence-electron chi connectivity index (χ0n) is 10.3. The van der Waals surface area contributed by atoms with Gasteiger partial charge in [-0.3, -0.25) is 4.98 Å². The first-order chi connectivity index (χ1) is 9.31. The monoisotopic (exact) mass is 360 g/mol. The molecule has 0 aliphatic rings. The Bertz CT molecular complexity index is 692. The van der Waals surface area contributed by atoms with Crippen LogP contribution in [0.3, 0.4) is 0 Å². The highest BCUT2D eigenvalue weighted by Crippen LogP contribution is 2.16. The molecular weight excluding hydrogens is 347 g/mol. The third-order valence-electron chi connectivity index (χ3n) is 3.01. The molecule has 0 saturated heterocycles. The number of aromatic nitrogens is 1. The second-order valence-electron chi connectivity index (χ2n) is 4.39. The van der Waals surface area contributed by atoms with Crippen LogP contribution in [-0.4, -0.2) is 4.98 Å². The molecule has 0 amide bonds. The van der Waals surface area contributed by atoms with Crippen LogP contribution in [0.2, 0.25) is 0 Å². The Kier molecular flexibility index (Phi) is 3.64. The Balaban J connectivity index is 1.76. The Hall–Kier alpha value is -1.62. The van der Waals surface area contributed by atoms with E-state index in [1.54, 1.807) is 0 Å². The maximum absolute atomic E-state index is 4.33. The highest BCUT2D eigenvalue weighted by atomic mass is 127. The molecule has 0 atom stereocenters. The molecule has 19 heavy (non-hydrogen) atoms. The smallest absolute Gasteiger partial charge is 0.0702 e. The summed E-state index contributed by atoms with van der Waals surface area (Å²) in [6, 6.07) is 18.8. The van der Waals surface area contributed by atoms with Crippen molar-refractivity contribution in [2.75, 3.05) is 5.32 Å². The first kappa shape index (κ1) is 12.4. The topological polar surface area (TPSA) is 24.9 Å². The van der Waals surface area contributed by atoms with Gasteiger partial charge in [0.1, 0.15) is 0 Å². The van der Waals surface area contributed by atoms with E-state index in [2.05, 4.69) is 81.4 Å². The molecule has 3 rings (SSSR count). The lowest BCUT2D eigenvalue weighted by Gasteiger charge is -2.07. The van der Waals surface area contributed by atoms with Crippen LogP contribution in [0.1, 0.15) is 5.56 Å². The minimum atomic E-state index is 0.825. The number of nitrogens with one attached hydrogen (secondary N) is 1. The van der Waals surface area contributed by atoms with Crippen LogP contribution in [0.15, 0.2) is 60.8 Å². The molecule has 0 bridgehead atoms. The standard InChI is InChI=1S/C16H13IN2/c17-14-4-6-15(7-5-14)19-11-12-3-8-16-13(10-12)2-1-9-18-16/h1-10,19H,11H2. The summed E-state index contributed by atoms with van der Waals surface area (Å²) in [6.45, 7) is 0.825. The molecule has 2 nitrogen and oxygen atoms in total. The number of hydrogen-bond acceptors (Lipinski definition) is 2. The molecule has 0 radical (unpaired) electrons. The molecule has 1 N–H and O–H groups in total. The molecule has 0 aliphatic carbocycles. The summed E-state index contributed by atoms with van der Waals surface area (Å²) in [7, 11) is 0. The summed E-state index contributed by atoms with van der Waals surface area (Å²) < 4.78 is 1.25. The number of fused-ring (bicyclic) bond motifs is 1. The highest BCUT2D eigenvalue weighted by molar-refractivity contribution is 14.1. The van der Waals surface area contributed by atoms with E-state index in [9.17, 15) is 0 Å². The molecule has 94 valence electrons. The predicted octanol–water partition coefficient (Wildman–Crippen LogP) is 4.45. The van der Waals surface area contributed by atoms with Gasteiger partial charge in [0.25, 0.3) is 0 Å². The zero-order valence-corrected chi connectivity index (χ0v) is 12.5. The lowest BCUT2D eigenvalue weighted by Crippen LogP contribution is -1.99. The van der Waals surface area contributed by atoms with Gasteiger partial charge < -0.3 is 5.32 Å². The quantitative estimate of drug-likeness (QED) is 0.698. The summed E-state index contributed by atoms with van der Waals surface area (Å²) in [5.41, 5.74) is 3.45. The van der Waals surface area contributed by atoms with Crippen molar-refractivity contribution in [2.45, 2.75) is 6.54 Å². The molecule has 3 heteroatoms. The summed E-state index contributed by atoms with van der Waals surface area (Å²) >= 11 is 2.31. The molecule has 0 saturated carbocycles. The van der Waals surface area contributed by atoms with Crippen molar-refractivity contribution in [3.63, 3.8) is 0 Å². The second kappa shape index (κ2) is 5.57. The van der Waals surface area contributed by atoms with Gasteiger partial charge in [-0.2, -0.15) is 0 Å². The van der Waals surface area contributed by atoms with Gasteiger partial charge >= 0.3 is 0 Å². The van der Waals surface area contributed by atoms with Crippen molar-refractivity contribution in [1.82, 2.24) is 4.98 Å². The summed E-state index contributed by atoms with van der Waals surface area (Å²) in [5, 5.41) is 4.61. The van der Waals surface area contributed by atoms with Crippen molar-refractivity contribution in [1.29, 1.82) is 0 Å². The molecule has 0 spiro atoms. The Labute approximate surface area is 126 Å². The highest BCUT2D eigenvalue weighted by Gasteiger charge is 1.97. The van der Waals surface area contributed by atoms with Gasteiger partial charge in [-0.1, -0.05) is 12.1 Å². The van der Waals surface area contributed by atoms with Crippen molar-refractivity contribution in [2.24, 2.45) is 0 Å². The van der Waals surface area contributed by atoms with E-state index < -0.39 is 0 Å². The van der Waals surface area contributed by atoms with E-state index in [1.807, 2.05) is 12.3 Å². The number of benzene rings is 2. The summed E-state index contributed by atoms with van der Waals surface area (Å²) in [4.78, 5) is 4.33. The van der Waals surface area contributed by atoms with Crippen LogP contribution in [0, 0.1) is 3.57 Å². The molecule has 1 aromatic heterocycles. The molecule has 1 heterocycles. The first-order valence-electron chi connectivity index (χ1n) is 6.14. The fourth-order valence-electron chi connectivity index (χ4n) is 2.01. The van der Waals surface area contributed by atoms with Crippen LogP contribution in [-0.2, 0) is 6.54 Å². The van der Waals surface area contributed by atoms with E-state index in [0.717, 1.165) is 17.7 Å². The van der Waals surface area contributed by atoms with Crippen LogP contribution >= 0.6 is 22.6 Å². The number of pyridine rings is 1. The van der Waals surface area contributed by atoms with Crippen LogP contribution in [0.25, 0.3) is 10.9 Å². The largest absolute Gasteiger partial charge is 0.381 e. The second-order valence-corrected chi connectivity index (χ2v) is 5.64. The van der Waals surface area contributed by atoms with Gasteiger partial charge in [0, 0.05) is 27.4 Å². The maximum atomic E-state index is 4.33. The third-order valence-corrected chi connectivity index (χ3v) is 3.73. The van der Waals surface area contributed by atoms with Crippen LogP contribution in [0.4, 0.5) is 5.69 Å². The Morgan fingerprint density at radius 1 is 1.00 bits per heavy atom. The van der Waals surface area contributed by atoms with Gasteiger partial charge in [-0.15, -0.1) is 0 Å². The van der Waals surface area contributed by atoms with E-state index in [0.29, 0.717) is 0 Å². The molecule has 0 unspecified atom stereocenters. The van der Waals surface area contributed by atoms with E-state index >= 15 is 0 Å². The minimum absolute atomic E-state index is 0.825. The molecule has 2 aromatic carbocycles. The number of hydrogen-bond donors (Lipinski definition) is 1. The normalized spacial score (nSPS) is 10.6. The van der Waals surface area contributed by atoms with Crippen molar-refractivity contribution < 1.29 is 0 Å². The Morgan fingerprint density at radius 2 is 1.84 bits per heavy atom. The molecule has 3 aromatic rings. The zero-order chi connectivity index (χ0) is 13.1. The van der Waals surface area contributed by atoms with E-state index in [-0.39, 0.29) is 0 Å². The lowest BCUT2D eigenvalue weighted by molar-refractivity contribution is 1.15. The summed E-state index contributed by atoms with van der Waals surface area (Å²) in [6.07, 6.45) is 1.83. The Morgan fingerprint density at radius 3 is 2.68 bits per heavy atom. The van der Waals surface area contributed by atoms with E-state index in [1.165, 1.54) is 14.5 Å². The van der Waals surface area contributed by atoms with Gasteiger partial charge in [-0.25, -0.2) is 0 Å². The number of anilines is 1. The fourth-order valence-corrected chi connectivity index (χ4v) is 2.37. The predicted molar refractivity (Wildman–Crippen MR) is 88.2 cm³/mol. The lowest BCUT2D eigenvalue weighted by atomic mass is 10.1. The molecule has 0 aliphatic heterocycles. The minimum Gasteiger partial charge on any atom is -0.381 e. The SMILES string of the molecule is Ic1ccc(NCc2ccc3ncccc3c2)cc1. The fraction of sp³-hybridized carbons (Fsp3) is 0.0625. The average Bonchev–Trinajstić information content (AvgIpc) is 2.46. The number of nitrogens with zero attached hydrogens (tertiary/aromatic N) is 1. The number of rotatable bonds is 3. The van der Waals surface area contributed by atoms with Gasteiger partial charge in [0.05, 0.1) is 5.52 Å². The van der Waals surface area contributed by atoms with Crippen molar-refractivity contribution >= 4 is 39.2 Å². The third kappa shape index (κ3) is 3.04. The van der Waals surface area contributed by atoms with Gasteiger partial charge in [0.2, 0.25) is 0 Å². The van der Waals surface area contributed by atoms with Crippen LogP contribution < -0.4 is 5.32 Å². The van der Waals surface area contributed by atoms with Crippen LogP contribution in [0.5, 0.6) is 0 Å². The van der Waals surface area contributed by atoms with Crippen molar-refractivity contribution in [3.8, 4) is 0 Å². The van der Waals surface area contributed by atoms with E-state index in [4.69, 9.17) is 0 Å². The molecule has 0 fully saturated rings. The maximum Gasteiger partial charge on any atom is 0.0702 e. The summed E-state index contributed by atoms with van der Waals surface area (Å²) in [5.74, 6) is 0. The first-order valence-corrected chi connectivity index (χ1v) is 7.22. The van der Waals surface area contributed by atoms with Gasteiger partial charge in [0.15, 0.2) is 0 Å². The number of halogens is 1. The average molecular weight is 360 g/mol. The van der Waals surface area contributed by atoms with Gasteiger partial charge in [-0.05, 0) is 70.6 Å².